The van der Waals surface area contributed by atoms with Gasteiger partial charge in [-0.2, -0.15) is 0 Å². The van der Waals surface area contributed by atoms with Crippen LogP contribution in [0.25, 0.3) is 0 Å². The van der Waals surface area contributed by atoms with Crippen LogP contribution in [-0.4, -0.2) is 20.8 Å². The zero-order valence-electron chi connectivity index (χ0n) is 9.14. The SMILES string of the molecule is COc1ccc(S(=O)(=O)C2CCC2)cc1N. The van der Waals surface area contributed by atoms with E-state index in [4.69, 9.17) is 10.5 Å². The summed E-state index contributed by atoms with van der Waals surface area (Å²) in [6, 6.07) is 4.64. The lowest BCUT2D eigenvalue weighted by molar-refractivity contribution is 0.416. The number of anilines is 1. The molecule has 1 aromatic rings. The van der Waals surface area contributed by atoms with E-state index in [9.17, 15) is 8.42 Å². The van der Waals surface area contributed by atoms with E-state index in [0.29, 0.717) is 16.3 Å². The second-order valence-electron chi connectivity index (χ2n) is 4.00. The maximum Gasteiger partial charge on any atom is 0.181 e. The van der Waals surface area contributed by atoms with E-state index in [1.54, 1.807) is 12.1 Å². The molecule has 1 fully saturated rings. The van der Waals surface area contributed by atoms with Crippen molar-refractivity contribution < 1.29 is 13.2 Å². The molecule has 2 N–H and O–H groups in total. The van der Waals surface area contributed by atoms with Gasteiger partial charge in [0.05, 0.1) is 22.9 Å². The molecular weight excluding hydrogens is 226 g/mol. The number of ether oxygens (including phenoxy) is 1. The van der Waals surface area contributed by atoms with Crippen LogP contribution in [-0.2, 0) is 9.84 Å². The summed E-state index contributed by atoms with van der Waals surface area (Å²) in [5.74, 6) is 0.507. The van der Waals surface area contributed by atoms with Crippen molar-refractivity contribution in [2.24, 2.45) is 0 Å². The molecule has 1 aliphatic carbocycles. The maximum atomic E-state index is 12.1. The minimum atomic E-state index is -3.19. The molecule has 0 aliphatic heterocycles. The monoisotopic (exact) mass is 241 g/mol. The van der Waals surface area contributed by atoms with E-state index in [2.05, 4.69) is 0 Å². The number of methoxy groups -OCH3 is 1. The highest BCUT2D eigenvalue weighted by Gasteiger charge is 2.32. The fourth-order valence-corrected chi connectivity index (χ4v) is 3.65. The molecule has 1 aromatic carbocycles. The Morgan fingerprint density at radius 3 is 2.50 bits per heavy atom. The van der Waals surface area contributed by atoms with Gasteiger partial charge in [0, 0.05) is 0 Å². The largest absolute Gasteiger partial charge is 0.495 e. The molecule has 0 amide bonds. The third kappa shape index (κ3) is 1.75. The van der Waals surface area contributed by atoms with Crippen molar-refractivity contribution in [3.63, 3.8) is 0 Å². The van der Waals surface area contributed by atoms with Crippen LogP contribution in [0.1, 0.15) is 19.3 Å². The molecule has 0 aromatic heterocycles. The summed E-state index contributed by atoms with van der Waals surface area (Å²) in [6.45, 7) is 0. The van der Waals surface area contributed by atoms with E-state index >= 15 is 0 Å². The zero-order valence-corrected chi connectivity index (χ0v) is 9.96. The molecule has 2 rings (SSSR count). The Labute approximate surface area is 95.3 Å². The average Bonchev–Trinajstić information content (AvgIpc) is 2.14. The molecule has 4 nitrogen and oxygen atoms in total. The van der Waals surface area contributed by atoms with Crippen molar-refractivity contribution in [1.82, 2.24) is 0 Å². The third-order valence-corrected chi connectivity index (χ3v) is 5.28. The van der Waals surface area contributed by atoms with Crippen LogP contribution in [0, 0.1) is 0 Å². The minimum absolute atomic E-state index is 0.222. The van der Waals surface area contributed by atoms with Gasteiger partial charge in [0.1, 0.15) is 5.75 Å². The first-order valence-corrected chi connectivity index (χ1v) is 6.78. The Kier molecular flexibility index (Phi) is 2.80. The number of nitrogen functional groups attached to an aromatic ring is 1. The second-order valence-corrected chi connectivity index (χ2v) is 6.23. The van der Waals surface area contributed by atoms with Crippen LogP contribution in [0.5, 0.6) is 5.75 Å². The van der Waals surface area contributed by atoms with Crippen LogP contribution < -0.4 is 10.5 Å². The van der Waals surface area contributed by atoms with Gasteiger partial charge in [-0.05, 0) is 31.0 Å². The predicted octanol–water partition coefficient (Wildman–Crippen LogP) is 1.60. The highest BCUT2D eigenvalue weighted by Crippen LogP contribution is 2.33. The Morgan fingerprint density at radius 2 is 2.06 bits per heavy atom. The average molecular weight is 241 g/mol. The molecule has 0 heterocycles. The fourth-order valence-electron chi connectivity index (χ4n) is 1.76. The molecular formula is C11H15NO3S. The van der Waals surface area contributed by atoms with Crippen LogP contribution >= 0.6 is 0 Å². The zero-order chi connectivity index (χ0) is 11.8. The van der Waals surface area contributed by atoms with E-state index in [0.717, 1.165) is 19.3 Å². The van der Waals surface area contributed by atoms with Gasteiger partial charge in [-0.1, -0.05) is 6.42 Å². The fraction of sp³-hybridized carbons (Fsp3) is 0.455. The number of sulfone groups is 1. The summed E-state index contributed by atoms with van der Waals surface area (Å²) < 4.78 is 29.1. The van der Waals surface area contributed by atoms with E-state index < -0.39 is 9.84 Å². The number of nitrogens with two attached hydrogens (primary N) is 1. The highest BCUT2D eigenvalue weighted by molar-refractivity contribution is 7.92. The number of hydrogen-bond donors (Lipinski definition) is 1. The highest BCUT2D eigenvalue weighted by atomic mass is 32.2. The molecule has 88 valence electrons. The number of benzene rings is 1. The molecule has 1 aliphatic rings. The third-order valence-electron chi connectivity index (χ3n) is 3.02. The lowest BCUT2D eigenvalue weighted by Gasteiger charge is -2.25. The Hall–Kier alpha value is -1.23. The second kappa shape index (κ2) is 3.97. The normalized spacial score (nSPS) is 16.8. The summed E-state index contributed by atoms with van der Waals surface area (Å²) in [7, 11) is -1.68. The predicted molar refractivity (Wildman–Crippen MR) is 62.2 cm³/mol. The Morgan fingerprint density at radius 1 is 1.38 bits per heavy atom. The van der Waals surface area contributed by atoms with Crippen molar-refractivity contribution in [2.75, 3.05) is 12.8 Å². The first-order chi connectivity index (χ1) is 7.55. The van der Waals surface area contributed by atoms with Gasteiger partial charge < -0.3 is 10.5 Å². The van der Waals surface area contributed by atoms with Crippen molar-refractivity contribution >= 4 is 15.5 Å². The molecule has 0 spiro atoms. The molecule has 0 bridgehead atoms. The van der Waals surface area contributed by atoms with Gasteiger partial charge in [-0.25, -0.2) is 8.42 Å². The van der Waals surface area contributed by atoms with Crippen molar-refractivity contribution in [3.8, 4) is 5.75 Å². The molecule has 5 heteroatoms. The molecule has 0 saturated heterocycles. The lowest BCUT2D eigenvalue weighted by atomic mass is 10.00. The van der Waals surface area contributed by atoms with Gasteiger partial charge in [-0.3, -0.25) is 0 Å². The molecule has 0 unspecified atom stereocenters. The first-order valence-electron chi connectivity index (χ1n) is 5.23. The van der Waals surface area contributed by atoms with E-state index in [-0.39, 0.29) is 5.25 Å². The summed E-state index contributed by atoms with van der Waals surface area (Å²) in [5.41, 5.74) is 6.06. The summed E-state index contributed by atoms with van der Waals surface area (Å²) >= 11 is 0. The van der Waals surface area contributed by atoms with Crippen molar-refractivity contribution in [1.29, 1.82) is 0 Å². The van der Waals surface area contributed by atoms with Crippen molar-refractivity contribution in [3.05, 3.63) is 18.2 Å². The van der Waals surface area contributed by atoms with Gasteiger partial charge in [-0.15, -0.1) is 0 Å². The van der Waals surface area contributed by atoms with Gasteiger partial charge in [0.15, 0.2) is 9.84 Å². The molecule has 1 saturated carbocycles. The topological polar surface area (TPSA) is 69.4 Å². The number of hydrogen-bond acceptors (Lipinski definition) is 4. The standard InChI is InChI=1S/C11H15NO3S/c1-15-11-6-5-9(7-10(11)12)16(13,14)8-3-2-4-8/h5-8H,2-4,12H2,1H3. The van der Waals surface area contributed by atoms with E-state index in [1.165, 1.54) is 13.2 Å². The molecule has 16 heavy (non-hydrogen) atoms. The lowest BCUT2D eigenvalue weighted by Crippen LogP contribution is -2.28. The van der Waals surface area contributed by atoms with Crippen LogP contribution in [0.4, 0.5) is 5.69 Å². The quantitative estimate of drug-likeness (QED) is 0.816. The van der Waals surface area contributed by atoms with E-state index in [1.807, 2.05) is 0 Å². The smallest absolute Gasteiger partial charge is 0.181 e. The van der Waals surface area contributed by atoms with Gasteiger partial charge >= 0.3 is 0 Å². The summed E-state index contributed by atoms with van der Waals surface area (Å²) in [4.78, 5) is 0.301. The van der Waals surface area contributed by atoms with Gasteiger partial charge in [0.2, 0.25) is 0 Å². The van der Waals surface area contributed by atoms with Crippen LogP contribution in [0.15, 0.2) is 23.1 Å². The first kappa shape index (κ1) is 11.3. The Balaban J connectivity index is 2.37. The van der Waals surface area contributed by atoms with Crippen LogP contribution in [0.2, 0.25) is 0 Å². The molecule has 0 atom stereocenters. The van der Waals surface area contributed by atoms with Gasteiger partial charge in [0.25, 0.3) is 0 Å². The molecule has 0 radical (unpaired) electrons. The van der Waals surface area contributed by atoms with Crippen LogP contribution in [0.3, 0.4) is 0 Å². The minimum Gasteiger partial charge on any atom is -0.495 e. The Bertz CT molecular complexity index is 492. The summed E-state index contributed by atoms with van der Waals surface area (Å²) in [5, 5.41) is -0.222. The van der Waals surface area contributed by atoms with Crippen molar-refractivity contribution in [2.45, 2.75) is 29.4 Å². The number of rotatable bonds is 3. The summed E-state index contributed by atoms with van der Waals surface area (Å²) in [6.07, 6.45) is 2.51. The maximum absolute atomic E-state index is 12.1.